The number of rotatable bonds is 6. The van der Waals surface area contributed by atoms with Crippen molar-refractivity contribution in [3.63, 3.8) is 0 Å². The van der Waals surface area contributed by atoms with Gasteiger partial charge in [0.25, 0.3) is 0 Å². The van der Waals surface area contributed by atoms with Crippen molar-refractivity contribution in [1.29, 1.82) is 0 Å². The molecule has 0 radical (unpaired) electrons. The monoisotopic (exact) mass is 523 g/mol. The molecule has 2 aromatic carbocycles. The molecule has 2 aromatic rings. The molecule has 0 spiro atoms. The topological polar surface area (TPSA) is 115 Å². The van der Waals surface area contributed by atoms with E-state index in [1.54, 1.807) is 47.5 Å². The van der Waals surface area contributed by atoms with Crippen LogP contribution in [0.1, 0.15) is 58.1 Å². The zero-order valence-electron chi connectivity index (χ0n) is 21.8. The third kappa shape index (κ3) is 5.36. The lowest BCUT2D eigenvalue weighted by atomic mass is 9.91. The van der Waals surface area contributed by atoms with Crippen molar-refractivity contribution >= 4 is 23.3 Å². The van der Waals surface area contributed by atoms with Gasteiger partial charge in [0.15, 0.2) is 17.9 Å². The van der Waals surface area contributed by atoms with E-state index in [-0.39, 0.29) is 22.5 Å². The minimum atomic E-state index is -1.06. The summed E-state index contributed by atoms with van der Waals surface area (Å²) in [6.45, 7) is 7.48. The van der Waals surface area contributed by atoms with Crippen molar-refractivity contribution in [2.75, 3.05) is 51.9 Å². The van der Waals surface area contributed by atoms with E-state index < -0.39 is 24.3 Å². The van der Waals surface area contributed by atoms with Crippen LogP contribution >= 0.6 is 0 Å². The molecule has 10 heteroatoms. The molecule has 202 valence electrons. The van der Waals surface area contributed by atoms with Gasteiger partial charge >= 0.3 is 6.03 Å². The largest absolute Gasteiger partial charge is 0.379 e. The van der Waals surface area contributed by atoms with Crippen molar-refractivity contribution in [2.24, 2.45) is 11.3 Å². The van der Waals surface area contributed by atoms with Crippen LogP contribution in [0.25, 0.3) is 0 Å². The van der Waals surface area contributed by atoms with Crippen LogP contribution in [0.2, 0.25) is 0 Å². The third-order valence-electron chi connectivity index (χ3n) is 7.01. The van der Waals surface area contributed by atoms with Crippen LogP contribution in [0, 0.1) is 11.3 Å². The summed E-state index contributed by atoms with van der Waals surface area (Å²) in [6, 6.07) is 11.6. The van der Waals surface area contributed by atoms with E-state index in [9.17, 15) is 14.4 Å². The quantitative estimate of drug-likeness (QED) is 0.437. The van der Waals surface area contributed by atoms with Gasteiger partial charge in [-0.05, 0) is 11.6 Å². The SMILES string of the molecule is COC1c2cccc(NC(=O)NN3CCOCC3)c2C(=O)C1C(=O)c1ccc(C2OCC(C)(C)CO2)cc1. The van der Waals surface area contributed by atoms with E-state index in [1.807, 2.05) is 0 Å². The van der Waals surface area contributed by atoms with Gasteiger partial charge in [-0.1, -0.05) is 50.2 Å². The van der Waals surface area contributed by atoms with Crippen LogP contribution in [0.4, 0.5) is 10.5 Å². The Bertz CT molecular complexity index is 1200. The van der Waals surface area contributed by atoms with E-state index in [0.29, 0.717) is 56.3 Å². The number of ketones is 2. The average molecular weight is 524 g/mol. The predicted molar refractivity (Wildman–Crippen MR) is 138 cm³/mol. The molecule has 5 rings (SSSR count). The first-order valence-electron chi connectivity index (χ1n) is 12.7. The number of nitrogens with zero attached hydrogens (tertiary/aromatic N) is 1. The molecule has 2 atom stereocenters. The van der Waals surface area contributed by atoms with E-state index in [2.05, 4.69) is 24.6 Å². The second-order valence-corrected chi connectivity index (χ2v) is 10.5. The Morgan fingerprint density at radius 2 is 1.71 bits per heavy atom. The summed E-state index contributed by atoms with van der Waals surface area (Å²) in [5, 5.41) is 4.52. The zero-order chi connectivity index (χ0) is 26.9. The van der Waals surface area contributed by atoms with Crippen LogP contribution in [0.3, 0.4) is 0 Å². The summed E-state index contributed by atoms with van der Waals surface area (Å²) in [5.41, 5.74) is 5.11. The van der Waals surface area contributed by atoms with Crippen molar-refractivity contribution in [3.8, 4) is 0 Å². The van der Waals surface area contributed by atoms with Crippen molar-refractivity contribution < 1.29 is 33.3 Å². The molecule has 2 fully saturated rings. The van der Waals surface area contributed by atoms with E-state index >= 15 is 0 Å². The maximum atomic E-state index is 13.6. The van der Waals surface area contributed by atoms with E-state index in [4.69, 9.17) is 18.9 Å². The fourth-order valence-electron chi connectivity index (χ4n) is 5.02. The molecule has 3 aliphatic rings. The Kier molecular flexibility index (Phi) is 7.60. The Balaban J connectivity index is 1.32. The molecule has 2 heterocycles. The van der Waals surface area contributed by atoms with Crippen LogP contribution in [0.15, 0.2) is 42.5 Å². The smallest absolute Gasteiger partial charge is 0.333 e. The second-order valence-electron chi connectivity index (χ2n) is 10.5. The molecule has 0 aromatic heterocycles. The van der Waals surface area contributed by atoms with Gasteiger partial charge in [-0.25, -0.2) is 9.80 Å². The summed E-state index contributed by atoms with van der Waals surface area (Å²) in [6.07, 6.45) is -1.26. The number of Topliss-reactive ketones (excluding diaryl/α,β-unsaturated/α-hetero) is 2. The molecule has 0 saturated carbocycles. The lowest BCUT2D eigenvalue weighted by Gasteiger charge is -2.34. The Labute approximate surface area is 221 Å². The van der Waals surface area contributed by atoms with E-state index in [0.717, 1.165) is 5.56 Å². The zero-order valence-corrected chi connectivity index (χ0v) is 21.8. The number of urea groups is 1. The number of fused-ring (bicyclic) bond motifs is 1. The maximum absolute atomic E-state index is 13.6. The standard InChI is InChI=1S/C28H33N3O7/c1-28(2)15-37-26(38-16-28)18-9-7-17(8-10-18)23(32)22-24(33)21-19(25(22)35-3)5-4-6-20(21)29-27(34)30-31-11-13-36-14-12-31/h4-10,22,25-26H,11-16H2,1-3H3,(H2,29,30,34). The molecular formula is C28H33N3O7. The van der Waals surface area contributed by atoms with Gasteiger partial charge in [0.05, 0.1) is 32.1 Å². The number of benzene rings is 2. The highest BCUT2D eigenvalue weighted by Gasteiger charge is 2.46. The molecule has 2 amide bonds. The fraction of sp³-hybridized carbons (Fsp3) is 0.464. The van der Waals surface area contributed by atoms with E-state index in [1.165, 1.54) is 7.11 Å². The van der Waals surface area contributed by atoms with Gasteiger partial charge in [0.1, 0.15) is 12.0 Å². The molecule has 38 heavy (non-hydrogen) atoms. The lowest BCUT2D eigenvalue weighted by Crippen LogP contribution is -2.49. The van der Waals surface area contributed by atoms with Gasteiger partial charge in [0.2, 0.25) is 0 Å². The number of hydrogen-bond donors (Lipinski definition) is 2. The van der Waals surface area contributed by atoms with Gasteiger partial charge in [-0.15, -0.1) is 0 Å². The number of anilines is 1. The molecular weight excluding hydrogens is 490 g/mol. The average Bonchev–Trinajstić information content (AvgIpc) is 3.21. The number of methoxy groups -OCH3 is 1. The number of nitrogens with one attached hydrogen (secondary N) is 2. The highest BCUT2D eigenvalue weighted by molar-refractivity contribution is 6.21. The number of morpholine rings is 1. The lowest BCUT2D eigenvalue weighted by molar-refractivity contribution is -0.226. The van der Waals surface area contributed by atoms with Crippen LogP contribution in [-0.4, -0.2) is 69.2 Å². The van der Waals surface area contributed by atoms with Gasteiger partial charge in [-0.2, -0.15) is 0 Å². The second kappa shape index (κ2) is 10.9. The minimum absolute atomic E-state index is 0.0453. The summed E-state index contributed by atoms with van der Waals surface area (Å²) in [5.74, 6) is -1.79. The highest BCUT2D eigenvalue weighted by Crippen LogP contribution is 2.43. The highest BCUT2D eigenvalue weighted by atomic mass is 16.7. The van der Waals surface area contributed by atoms with Crippen LogP contribution < -0.4 is 10.7 Å². The minimum Gasteiger partial charge on any atom is -0.379 e. The number of hydrazine groups is 1. The first-order valence-corrected chi connectivity index (χ1v) is 12.7. The van der Waals surface area contributed by atoms with Gasteiger partial charge < -0.3 is 24.3 Å². The number of ether oxygens (including phenoxy) is 4. The Morgan fingerprint density at radius 3 is 2.37 bits per heavy atom. The maximum Gasteiger partial charge on any atom is 0.333 e. The van der Waals surface area contributed by atoms with Crippen LogP contribution in [0.5, 0.6) is 0 Å². The molecule has 0 bridgehead atoms. The number of amides is 2. The fourth-order valence-corrected chi connectivity index (χ4v) is 5.02. The summed E-state index contributed by atoms with van der Waals surface area (Å²) in [4.78, 5) is 39.8. The summed E-state index contributed by atoms with van der Waals surface area (Å²) in [7, 11) is 1.47. The van der Waals surface area contributed by atoms with Crippen molar-refractivity contribution in [3.05, 3.63) is 64.7 Å². The molecule has 2 N–H and O–H groups in total. The summed E-state index contributed by atoms with van der Waals surface area (Å²) < 4.78 is 22.6. The normalized spacial score (nSPS) is 23.6. The predicted octanol–water partition coefficient (Wildman–Crippen LogP) is 3.51. The Hall–Kier alpha value is -3.15. The van der Waals surface area contributed by atoms with Crippen LogP contribution in [-0.2, 0) is 18.9 Å². The first kappa shape index (κ1) is 26.5. The third-order valence-corrected chi connectivity index (χ3v) is 7.01. The first-order chi connectivity index (χ1) is 18.3. The molecule has 10 nitrogen and oxygen atoms in total. The van der Waals surface area contributed by atoms with Crippen molar-refractivity contribution in [1.82, 2.24) is 10.4 Å². The van der Waals surface area contributed by atoms with Gasteiger partial charge in [-0.3, -0.25) is 15.0 Å². The molecule has 2 aliphatic heterocycles. The van der Waals surface area contributed by atoms with Crippen molar-refractivity contribution in [2.45, 2.75) is 26.2 Å². The molecule has 1 aliphatic carbocycles. The molecule has 2 unspecified atom stereocenters. The summed E-state index contributed by atoms with van der Waals surface area (Å²) >= 11 is 0. The Morgan fingerprint density at radius 1 is 1.03 bits per heavy atom. The molecule has 2 saturated heterocycles. The number of carbonyl (C=O) groups excluding carboxylic acids is 3. The van der Waals surface area contributed by atoms with Gasteiger partial charge in [0, 0.05) is 42.3 Å². The number of carbonyl (C=O) groups is 3. The number of hydrogen-bond acceptors (Lipinski definition) is 8.